The number of aromatic nitrogens is 1. The van der Waals surface area contributed by atoms with Crippen LogP contribution in [-0.2, 0) is 15.8 Å². The van der Waals surface area contributed by atoms with Crippen molar-refractivity contribution in [3.8, 4) is 0 Å². The lowest BCUT2D eigenvalue weighted by Crippen LogP contribution is -2.45. The minimum Gasteiger partial charge on any atom is -0.396 e. The van der Waals surface area contributed by atoms with Crippen molar-refractivity contribution in [2.45, 2.75) is 38.0 Å². The molecule has 1 aliphatic rings. The van der Waals surface area contributed by atoms with Gasteiger partial charge in [0.2, 0.25) is 10.0 Å². The quantitative estimate of drug-likeness (QED) is 0.810. The van der Waals surface area contributed by atoms with Crippen molar-refractivity contribution in [2.24, 2.45) is 5.41 Å². The average molecular weight is 319 g/mol. The minimum atomic E-state index is -3.46. The molecule has 112 valence electrons. The first-order valence-corrected chi connectivity index (χ1v) is 8.59. The third-order valence-corrected chi connectivity index (χ3v) is 5.49. The molecule has 0 aromatic carbocycles. The van der Waals surface area contributed by atoms with Crippen LogP contribution >= 0.6 is 11.6 Å². The smallest absolute Gasteiger partial charge is 0.216 e. The SMILES string of the molecule is CC1(CO)CCCC1NS(=O)(=O)Cc1ccc(Cl)nc1. The van der Waals surface area contributed by atoms with E-state index in [1.54, 1.807) is 12.1 Å². The molecule has 0 aliphatic heterocycles. The van der Waals surface area contributed by atoms with Crippen LogP contribution in [0.5, 0.6) is 0 Å². The van der Waals surface area contributed by atoms with E-state index in [1.165, 1.54) is 6.20 Å². The van der Waals surface area contributed by atoms with Gasteiger partial charge in [-0.1, -0.05) is 31.0 Å². The van der Waals surface area contributed by atoms with Gasteiger partial charge in [-0.05, 0) is 24.5 Å². The molecule has 1 fully saturated rings. The molecular weight excluding hydrogens is 300 g/mol. The standard InChI is InChI=1S/C13H19ClN2O3S/c1-13(9-17)6-2-3-11(13)16-20(18,19)8-10-4-5-12(14)15-7-10/h4-5,7,11,16-17H,2-3,6,8-9H2,1H3. The highest BCUT2D eigenvalue weighted by atomic mass is 35.5. The second kappa shape index (κ2) is 5.97. The van der Waals surface area contributed by atoms with Crippen molar-refractivity contribution in [1.82, 2.24) is 9.71 Å². The Labute approximate surface area is 124 Å². The molecule has 1 heterocycles. The third kappa shape index (κ3) is 3.69. The van der Waals surface area contributed by atoms with E-state index in [2.05, 4.69) is 9.71 Å². The van der Waals surface area contributed by atoms with Gasteiger partial charge in [-0.25, -0.2) is 18.1 Å². The maximum absolute atomic E-state index is 12.2. The van der Waals surface area contributed by atoms with Gasteiger partial charge in [0.15, 0.2) is 0 Å². The number of aliphatic hydroxyl groups excluding tert-OH is 1. The number of halogens is 1. The fourth-order valence-electron chi connectivity index (χ4n) is 2.59. The summed E-state index contributed by atoms with van der Waals surface area (Å²) >= 11 is 5.67. The number of aliphatic hydroxyl groups is 1. The van der Waals surface area contributed by atoms with Crippen molar-refractivity contribution in [3.05, 3.63) is 29.0 Å². The molecule has 5 nitrogen and oxygen atoms in total. The van der Waals surface area contributed by atoms with Crippen LogP contribution in [0.2, 0.25) is 5.15 Å². The number of sulfonamides is 1. The largest absolute Gasteiger partial charge is 0.396 e. The molecule has 2 unspecified atom stereocenters. The first-order chi connectivity index (χ1) is 9.35. The van der Waals surface area contributed by atoms with Gasteiger partial charge in [0.25, 0.3) is 0 Å². The summed E-state index contributed by atoms with van der Waals surface area (Å²) in [6.07, 6.45) is 3.97. The van der Waals surface area contributed by atoms with Crippen molar-refractivity contribution >= 4 is 21.6 Å². The second-order valence-corrected chi connectivity index (χ2v) is 7.76. The maximum Gasteiger partial charge on any atom is 0.216 e. The van der Waals surface area contributed by atoms with E-state index in [0.29, 0.717) is 10.7 Å². The fourth-order valence-corrected chi connectivity index (χ4v) is 4.23. The zero-order valence-electron chi connectivity index (χ0n) is 11.3. The van der Waals surface area contributed by atoms with Crippen molar-refractivity contribution < 1.29 is 13.5 Å². The molecule has 20 heavy (non-hydrogen) atoms. The molecule has 1 saturated carbocycles. The highest BCUT2D eigenvalue weighted by Crippen LogP contribution is 2.37. The van der Waals surface area contributed by atoms with E-state index in [4.69, 9.17) is 11.6 Å². The highest BCUT2D eigenvalue weighted by molar-refractivity contribution is 7.88. The first kappa shape index (κ1) is 15.7. The van der Waals surface area contributed by atoms with Crippen LogP contribution in [0.25, 0.3) is 0 Å². The van der Waals surface area contributed by atoms with Crippen molar-refractivity contribution in [2.75, 3.05) is 6.61 Å². The summed E-state index contributed by atoms with van der Waals surface area (Å²) in [4.78, 5) is 3.87. The Morgan fingerprint density at radius 1 is 1.55 bits per heavy atom. The van der Waals surface area contributed by atoms with E-state index in [-0.39, 0.29) is 23.8 Å². The summed E-state index contributed by atoms with van der Waals surface area (Å²) in [6.45, 7) is 1.90. The van der Waals surface area contributed by atoms with E-state index in [9.17, 15) is 13.5 Å². The topological polar surface area (TPSA) is 79.3 Å². The zero-order valence-corrected chi connectivity index (χ0v) is 12.9. The zero-order chi connectivity index (χ0) is 14.8. The molecule has 2 rings (SSSR count). The van der Waals surface area contributed by atoms with Gasteiger partial charge in [-0.15, -0.1) is 0 Å². The lowest BCUT2D eigenvalue weighted by Gasteiger charge is -2.29. The predicted octanol–water partition coefficient (Wildman–Crippen LogP) is 1.71. The number of rotatable bonds is 5. The number of pyridine rings is 1. The van der Waals surface area contributed by atoms with Gasteiger partial charge in [0, 0.05) is 24.3 Å². The Bertz CT molecular complexity index is 561. The molecule has 1 aromatic heterocycles. The molecular formula is C13H19ClN2O3S. The van der Waals surface area contributed by atoms with E-state index in [1.807, 2.05) is 6.92 Å². The lowest BCUT2D eigenvalue weighted by atomic mass is 9.86. The van der Waals surface area contributed by atoms with Gasteiger partial charge < -0.3 is 5.11 Å². The summed E-state index contributed by atoms with van der Waals surface area (Å²) in [6, 6.07) is 3.01. The molecule has 0 spiro atoms. The molecule has 2 atom stereocenters. The molecule has 0 bridgehead atoms. The van der Waals surface area contributed by atoms with Crippen LogP contribution in [-0.4, -0.2) is 31.2 Å². The first-order valence-electron chi connectivity index (χ1n) is 6.56. The Morgan fingerprint density at radius 3 is 2.90 bits per heavy atom. The molecule has 2 N–H and O–H groups in total. The van der Waals surface area contributed by atoms with Crippen LogP contribution in [0, 0.1) is 5.41 Å². The Kier molecular flexibility index (Phi) is 4.69. The summed E-state index contributed by atoms with van der Waals surface area (Å²) in [7, 11) is -3.46. The molecule has 0 amide bonds. The van der Waals surface area contributed by atoms with E-state index >= 15 is 0 Å². The van der Waals surface area contributed by atoms with Crippen LogP contribution in [0.4, 0.5) is 0 Å². The minimum absolute atomic E-state index is 0.0112. The predicted molar refractivity (Wildman–Crippen MR) is 77.8 cm³/mol. The number of hydrogen-bond donors (Lipinski definition) is 2. The Balaban J connectivity index is 2.06. The summed E-state index contributed by atoms with van der Waals surface area (Å²) in [5, 5.41) is 9.79. The average Bonchev–Trinajstić information content (AvgIpc) is 2.74. The molecule has 1 aromatic rings. The number of nitrogens with zero attached hydrogens (tertiary/aromatic N) is 1. The molecule has 7 heteroatoms. The fraction of sp³-hybridized carbons (Fsp3) is 0.615. The van der Waals surface area contributed by atoms with Crippen LogP contribution in [0.3, 0.4) is 0 Å². The van der Waals surface area contributed by atoms with Gasteiger partial charge in [0.05, 0.1) is 5.75 Å². The summed E-state index contributed by atoms with van der Waals surface area (Å²) in [5.41, 5.74) is 0.219. The Morgan fingerprint density at radius 2 is 2.30 bits per heavy atom. The highest BCUT2D eigenvalue weighted by Gasteiger charge is 2.40. The summed E-state index contributed by atoms with van der Waals surface area (Å²) < 4.78 is 27.1. The van der Waals surface area contributed by atoms with Crippen LogP contribution in [0.1, 0.15) is 31.7 Å². The van der Waals surface area contributed by atoms with Crippen LogP contribution < -0.4 is 4.72 Å². The second-order valence-electron chi connectivity index (χ2n) is 5.62. The van der Waals surface area contributed by atoms with Gasteiger partial charge >= 0.3 is 0 Å². The van der Waals surface area contributed by atoms with Crippen LogP contribution in [0.15, 0.2) is 18.3 Å². The third-order valence-electron chi connectivity index (χ3n) is 3.91. The maximum atomic E-state index is 12.2. The van der Waals surface area contributed by atoms with Gasteiger partial charge in [-0.2, -0.15) is 0 Å². The Hall–Kier alpha value is -0.690. The van der Waals surface area contributed by atoms with E-state index in [0.717, 1.165) is 19.3 Å². The number of nitrogens with one attached hydrogen (secondary N) is 1. The van der Waals surface area contributed by atoms with Gasteiger partial charge in [-0.3, -0.25) is 0 Å². The number of hydrogen-bond acceptors (Lipinski definition) is 4. The van der Waals surface area contributed by atoms with Crippen molar-refractivity contribution in [3.63, 3.8) is 0 Å². The molecule has 1 aliphatic carbocycles. The monoisotopic (exact) mass is 318 g/mol. The molecule has 0 saturated heterocycles. The van der Waals surface area contributed by atoms with Gasteiger partial charge in [0.1, 0.15) is 5.15 Å². The molecule has 0 radical (unpaired) electrons. The van der Waals surface area contributed by atoms with E-state index < -0.39 is 10.0 Å². The lowest BCUT2D eigenvalue weighted by molar-refractivity contribution is 0.127. The normalized spacial score (nSPS) is 26.9. The summed E-state index contributed by atoms with van der Waals surface area (Å²) in [5.74, 6) is -0.130. The van der Waals surface area contributed by atoms with Crippen molar-refractivity contribution in [1.29, 1.82) is 0 Å².